The number of pyridine rings is 1. The molecule has 1 aromatic heterocycles. The van der Waals surface area contributed by atoms with Gasteiger partial charge >= 0.3 is 0 Å². The topological polar surface area (TPSA) is 51.2 Å². The Bertz CT molecular complexity index is 1390. The van der Waals surface area contributed by atoms with Crippen LogP contribution in [0.4, 0.5) is 0 Å². The highest BCUT2D eigenvalue weighted by atomic mass is 16.5. The third-order valence-corrected chi connectivity index (χ3v) is 5.96. The van der Waals surface area contributed by atoms with Crippen LogP contribution in [0.2, 0.25) is 0 Å². The standard InChI is InChI=1S/C31H26N2O2/c1-2-35-25-19-17-22(18-20-25)29-21-27(26-15-9-10-16-28(26)32-29)31(34)33-30(23-11-5-3-6-12-23)24-13-7-4-8-14-24/h3-21,30H,2H2,1H3,(H,33,34). The van der Waals surface area contributed by atoms with Gasteiger partial charge in [-0.1, -0.05) is 78.9 Å². The predicted octanol–water partition coefficient (Wildman–Crippen LogP) is 6.82. The number of rotatable bonds is 7. The van der Waals surface area contributed by atoms with Crippen molar-refractivity contribution in [3.63, 3.8) is 0 Å². The SMILES string of the molecule is CCOc1ccc(-c2cc(C(=O)NC(c3ccccc3)c3ccccc3)c3ccccc3n2)cc1. The lowest BCUT2D eigenvalue weighted by Gasteiger charge is -2.21. The van der Waals surface area contributed by atoms with Crippen molar-refractivity contribution in [3.8, 4) is 17.0 Å². The minimum atomic E-state index is -0.272. The van der Waals surface area contributed by atoms with Crippen molar-refractivity contribution in [2.75, 3.05) is 6.61 Å². The molecule has 4 heteroatoms. The van der Waals surface area contributed by atoms with E-state index in [1.165, 1.54) is 0 Å². The molecule has 0 aliphatic heterocycles. The molecule has 0 saturated carbocycles. The second-order valence-corrected chi connectivity index (χ2v) is 8.26. The number of fused-ring (bicyclic) bond motifs is 1. The highest BCUT2D eigenvalue weighted by Crippen LogP contribution is 2.28. The first-order valence-electron chi connectivity index (χ1n) is 11.8. The highest BCUT2D eigenvalue weighted by molar-refractivity contribution is 6.07. The molecule has 1 amide bonds. The molecular weight excluding hydrogens is 432 g/mol. The molecule has 1 N–H and O–H groups in total. The summed E-state index contributed by atoms with van der Waals surface area (Å²) in [4.78, 5) is 18.6. The quantitative estimate of drug-likeness (QED) is 0.291. The Morgan fingerprint density at radius 2 is 1.40 bits per heavy atom. The van der Waals surface area contributed by atoms with E-state index in [-0.39, 0.29) is 11.9 Å². The van der Waals surface area contributed by atoms with Crippen LogP contribution in [0.5, 0.6) is 5.75 Å². The molecule has 0 radical (unpaired) electrons. The average molecular weight is 459 g/mol. The number of nitrogens with one attached hydrogen (secondary N) is 1. The zero-order valence-corrected chi connectivity index (χ0v) is 19.5. The molecular formula is C31H26N2O2. The van der Waals surface area contributed by atoms with Gasteiger partial charge in [-0.2, -0.15) is 0 Å². The largest absolute Gasteiger partial charge is 0.494 e. The summed E-state index contributed by atoms with van der Waals surface area (Å²) >= 11 is 0. The highest BCUT2D eigenvalue weighted by Gasteiger charge is 2.20. The van der Waals surface area contributed by atoms with Crippen LogP contribution in [0.25, 0.3) is 22.2 Å². The number of benzene rings is 4. The molecule has 5 rings (SSSR count). The molecule has 0 fully saturated rings. The second kappa shape index (κ2) is 10.2. The monoisotopic (exact) mass is 458 g/mol. The number of carbonyl (C=O) groups is 1. The first-order valence-corrected chi connectivity index (χ1v) is 11.8. The van der Waals surface area contributed by atoms with Crippen LogP contribution < -0.4 is 10.1 Å². The number of amides is 1. The summed E-state index contributed by atoms with van der Waals surface area (Å²) in [5.41, 5.74) is 5.09. The predicted molar refractivity (Wildman–Crippen MR) is 141 cm³/mol. The smallest absolute Gasteiger partial charge is 0.252 e. The molecule has 1 heterocycles. The van der Waals surface area contributed by atoms with Crippen LogP contribution in [0.1, 0.15) is 34.5 Å². The van der Waals surface area contributed by atoms with E-state index in [4.69, 9.17) is 9.72 Å². The Hall–Kier alpha value is -4.44. The fraction of sp³-hybridized carbons (Fsp3) is 0.0968. The summed E-state index contributed by atoms with van der Waals surface area (Å²) < 4.78 is 5.57. The number of nitrogens with zero attached hydrogens (tertiary/aromatic N) is 1. The van der Waals surface area contributed by atoms with E-state index >= 15 is 0 Å². The van der Waals surface area contributed by atoms with E-state index < -0.39 is 0 Å². The number of para-hydroxylation sites is 1. The number of ether oxygens (including phenoxy) is 1. The number of carbonyl (C=O) groups excluding carboxylic acids is 1. The van der Waals surface area contributed by atoms with Gasteiger partial charge in [-0.15, -0.1) is 0 Å². The van der Waals surface area contributed by atoms with Crippen LogP contribution in [0.15, 0.2) is 115 Å². The molecule has 0 unspecified atom stereocenters. The molecule has 0 saturated heterocycles. The van der Waals surface area contributed by atoms with Crippen LogP contribution in [0.3, 0.4) is 0 Å². The normalized spacial score (nSPS) is 10.9. The molecule has 5 aromatic rings. The summed E-state index contributed by atoms with van der Waals surface area (Å²) in [5, 5.41) is 4.09. The molecule has 35 heavy (non-hydrogen) atoms. The van der Waals surface area contributed by atoms with E-state index in [0.717, 1.165) is 39.0 Å². The van der Waals surface area contributed by atoms with Crippen molar-refractivity contribution in [2.45, 2.75) is 13.0 Å². The lowest BCUT2D eigenvalue weighted by Crippen LogP contribution is -2.29. The minimum Gasteiger partial charge on any atom is -0.494 e. The molecule has 172 valence electrons. The lowest BCUT2D eigenvalue weighted by atomic mass is 9.97. The third-order valence-electron chi connectivity index (χ3n) is 5.96. The van der Waals surface area contributed by atoms with Gasteiger partial charge < -0.3 is 10.1 Å². The van der Waals surface area contributed by atoms with Gasteiger partial charge in [0.05, 0.1) is 29.4 Å². The van der Waals surface area contributed by atoms with Crippen LogP contribution in [-0.4, -0.2) is 17.5 Å². The maximum Gasteiger partial charge on any atom is 0.252 e. The fourth-order valence-corrected chi connectivity index (χ4v) is 4.26. The van der Waals surface area contributed by atoms with E-state index in [9.17, 15) is 4.79 Å². The third kappa shape index (κ3) is 4.92. The van der Waals surface area contributed by atoms with Gasteiger partial charge in [0.25, 0.3) is 5.91 Å². The van der Waals surface area contributed by atoms with Gasteiger partial charge in [0.1, 0.15) is 5.75 Å². The maximum absolute atomic E-state index is 13.8. The van der Waals surface area contributed by atoms with Gasteiger partial charge in [0, 0.05) is 10.9 Å². The summed E-state index contributed by atoms with van der Waals surface area (Å²) in [6.45, 7) is 2.57. The minimum absolute atomic E-state index is 0.145. The van der Waals surface area contributed by atoms with Gasteiger partial charge in [-0.3, -0.25) is 4.79 Å². The Morgan fingerprint density at radius 3 is 2.03 bits per heavy atom. The lowest BCUT2D eigenvalue weighted by molar-refractivity contribution is 0.0944. The first-order chi connectivity index (χ1) is 17.2. The van der Waals surface area contributed by atoms with E-state index in [1.807, 2.05) is 122 Å². The molecule has 0 spiro atoms. The molecule has 0 atom stereocenters. The Morgan fingerprint density at radius 1 is 0.800 bits per heavy atom. The molecule has 4 aromatic carbocycles. The zero-order valence-electron chi connectivity index (χ0n) is 19.5. The van der Waals surface area contributed by atoms with Crippen molar-refractivity contribution in [1.29, 1.82) is 0 Å². The fourth-order valence-electron chi connectivity index (χ4n) is 4.26. The van der Waals surface area contributed by atoms with Crippen LogP contribution >= 0.6 is 0 Å². The van der Waals surface area contributed by atoms with Gasteiger partial charge in [-0.05, 0) is 54.4 Å². The molecule has 4 nitrogen and oxygen atoms in total. The molecule has 0 aliphatic carbocycles. The number of aromatic nitrogens is 1. The van der Waals surface area contributed by atoms with Crippen molar-refractivity contribution in [2.24, 2.45) is 0 Å². The Balaban J connectivity index is 1.55. The van der Waals surface area contributed by atoms with Crippen LogP contribution in [-0.2, 0) is 0 Å². The number of hydrogen-bond donors (Lipinski definition) is 1. The van der Waals surface area contributed by atoms with Gasteiger partial charge in [0.15, 0.2) is 0 Å². The summed E-state index contributed by atoms with van der Waals surface area (Å²) in [5.74, 6) is 0.664. The van der Waals surface area contributed by atoms with Gasteiger partial charge in [-0.25, -0.2) is 4.98 Å². The van der Waals surface area contributed by atoms with E-state index in [1.54, 1.807) is 0 Å². The van der Waals surface area contributed by atoms with Gasteiger partial charge in [0.2, 0.25) is 0 Å². The second-order valence-electron chi connectivity index (χ2n) is 8.26. The summed E-state index contributed by atoms with van der Waals surface area (Å²) in [6.07, 6.45) is 0. The summed E-state index contributed by atoms with van der Waals surface area (Å²) in [6, 6.07) is 37.2. The first kappa shape index (κ1) is 22.4. The van der Waals surface area contributed by atoms with Crippen molar-refractivity contribution in [3.05, 3.63) is 132 Å². The van der Waals surface area contributed by atoms with Crippen LogP contribution in [0, 0.1) is 0 Å². The molecule has 0 aliphatic rings. The average Bonchev–Trinajstić information content (AvgIpc) is 2.92. The maximum atomic E-state index is 13.8. The Kier molecular flexibility index (Phi) is 6.53. The van der Waals surface area contributed by atoms with Crippen molar-refractivity contribution in [1.82, 2.24) is 10.3 Å². The van der Waals surface area contributed by atoms with Crippen molar-refractivity contribution >= 4 is 16.8 Å². The Labute approximate surface area is 205 Å². The molecule has 0 bridgehead atoms. The number of hydrogen-bond acceptors (Lipinski definition) is 3. The van der Waals surface area contributed by atoms with Crippen molar-refractivity contribution < 1.29 is 9.53 Å². The summed E-state index contributed by atoms with van der Waals surface area (Å²) in [7, 11) is 0. The van der Waals surface area contributed by atoms with E-state index in [2.05, 4.69) is 5.32 Å². The van der Waals surface area contributed by atoms with E-state index in [0.29, 0.717) is 12.2 Å². The zero-order chi connectivity index (χ0) is 24.0.